The highest BCUT2D eigenvalue weighted by Crippen LogP contribution is 2.20. The van der Waals surface area contributed by atoms with Gasteiger partial charge in [-0.25, -0.2) is 0 Å². The number of hydrogen-bond acceptors (Lipinski definition) is 3. The Morgan fingerprint density at radius 2 is 1.83 bits per heavy atom. The first-order chi connectivity index (χ1) is 10.8. The summed E-state index contributed by atoms with van der Waals surface area (Å²) in [5.74, 6) is -2.31. The molecule has 0 aromatic carbocycles. The van der Waals surface area contributed by atoms with E-state index in [9.17, 15) is 22.8 Å². The van der Waals surface area contributed by atoms with Gasteiger partial charge in [0.2, 0.25) is 5.91 Å². The smallest absolute Gasteiger partial charge is 0.341 e. The first kappa shape index (κ1) is 17.3. The fourth-order valence-electron chi connectivity index (χ4n) is 2.60. The molecule has 6 nitrogen and oxygen atoms in total. The fraction of sp³-hybridized carbons (Fsp3) is 0.643. The molecular formula is C14H19F3N4O2. The van der Waals surface area contributed by atoms with E-state index in [2.05, 4.69) is 5.10 Å². The van der Waals surface area contributed by atoms with Gasteiger partial charge in [-0.3, -0.25) is 14.3 Å². The van der Waals surface area contributed by atoms with Crippen molar-refractivity contribution in [1.29, 1.82) is 0 Å². The summed E-state index contributed by atoms with van der Waals surface area (Å²) in [5, 5.41) is 4.03. The molecule has 2 heterocycles. The van der Waals surface area contributed by atoms with Crippen LogP contribution in [0.15, 0.2) is 18.5 Å². The third-order valence-corrected chi connectivity index (χ3v) is 3.78. The fourth-order valence-corrected chi connectivity index (χ4v) is 2.60. The molecule has 1 aliphatic heterocycles. The molecule has 128 valence electrons. The Kier molecular flexibility index (Phi) is 5.27. The predicted octanol–water partition coefficient (Wildman–Crippen LogP) is 1.14. The second-order valence-electron chi connectivity index (χ2n) is 5.60. The van der Waals surface area contributed by atoms with E-state index in [0.29, 0.717) is 19.5 Å². The number of carbonyl (C=O) groups excluding carboxylic acids is 2. The highest BCUT2D eigenvalue weighted by molar-refractivity contribution is 5.82. The van der Waals surface area contributed by atoms with Gasteiger partial charge in [0.1, 0.15) is 0 Å². The topological polar surface area (TPSA) is 58.4 Å². The van der Waals surface area contributed by atoms with E-state index in [1.807, 2.05) is 0 Å². The van der Waals surface area contributed by atoms with Crippen molar-refractivity contribution in [2.75, 3.05) is 26.2 Å². The van der Waals surface area contributed by atoms with E-state index in [1.165, 1.54) is 4.90 Å². The number of alkyl halides is 3. The summed E-state index contributed by atoms with van der Waals surface area (Å²) in [6.07, 6.45) is -1.17. The molecule has 1 saturated heterocycles. The molecule has 0 radical (unpaired) electrons. The number of halogens is 3. The standard InChI is InChI=1S/C14H19F3N4O2/c1-11(10-21-7-2-4-18-21)12(22)19-5-3-6-20(9-8-19)13(23)14(15,16)17/h2,4,7,11H,3,5-6,8-10H2,1H3. The number of amides is 2. The van der Waals surface area contributed by atoms with Gasteiger partial charge >= 0.3 is 12.1 Å². The minimum Gasteiger partial charge on any atom is -0.341 e. The first-order valence-electron chi connectivity index (χ1n) is 7.41. The molecule has 0 bridgehead atoms. The summed E-state index contributed by atoms with van der Waals surface area (Å²) >= 11 is 0. The van der Waals surface area contributed by atoms with Crippen LogP contribution < -0.4 is 0 Å². The number of rotatable bonds is 3. The van der Waals surface area contributed by atoms with Gasteiger partial charge in [-0.2, -0.15) is 18.3 Å². The number of nitrogens with zero attached hydrogens (tertiary/aromatic N) is 4. The lowest BCUT2D eigenvalue weighted by Gasteiger charge is -2.25. The van der Waals surface area contributed by atoms with Gasteiger partial charge in [0.25, 0.3) is 0 Å². The first-order valence-corrected chi connectivity index (χ1v) is 7.41. The average Bonchev–Trinajstić information content (AvgIpc) is 2.86. The molecule has 2 amide bonds. The lowest BCUT2D eigenvalue weighted by atomic mass is 10.1. The summed E-state index contributed by atoms with van der Waals surface area (Å²) in [5.41, 5.74) is 0. The Balaban J connectivity index is 1.92. The third kappa shape index (κ3) is 4.46. The maximum absolute atomic E-state index is 12.5. The van der Waals surface area contributed by atoms with Crippen molar-refractivity contribution in [3.63, 3.8) is 0 Å². The van der Waals surface area contributed by atoms with Gasteiger partial charge in [0.15, 0.2) is 0 Å². The summed E-state index contributed by atoms with van der Waals surface area (Å²) in [6, 6.07) is 1.75. The van der Waals surface area contributed by atoms with Crippen molar-refractivity contribution in [2.24, 2.45) is 5.92 Å². The lowest BCUT2D eigenvalue weighted by Crippen LogP contribution is -2.44. The van der Waals surface area contributed by atoms with E-state index in [4.69, 9.17) is 0 Å². The van der Waals surface area contributed by atoms with Crippen LogP contribution in [0.3, 0.4) is 0 Å². The average molecular weight is 332 g/mol. The molecule has 2 rings (SSSR count). The zero-order chi connectivity index (χ0) is 17.0. The minimum absolute atomic E-state index is 0.00958. The van der Waals surface area contributed by atoms with Gasteiger partial charge in [0, 0.05) is 38.6 Å². The largest absolute Gasteiger partial charge is 0.471 e. The second-order valence-corrected chi connectivity index (χ2v) is 5.60. The van der Waals surface area contributed by atoms with Crippen molar-refractivity contribution in [2.45, 2.75) is 26.1 Å². The van der Waals surface area contributed by atoms with E-state index >= 15 is 0 Å². The lowest BCUT2D eigenvalue weighted by molar-refractivity contribution is -0.185. The van der Waals surface area contributed by atoms with Crippen molar-refractivity contribution >= 4 is 11.8 Å². The Hall–Kier alpha value is -2.06. The second kappa shape index (κ2) is 7.01. The number of aromatic nitrogens is 2. The van der Waals surface area contributed by atoms with Crippen molar-refractivity contribution in [3.8, 4) is 0 Å². The monoisotopic (exact) mass is 332 g/mol. The van der Waals surface area contributed by atoms with Gasteiger partial charge in [0.05, 0.1) is 12.5 Å². The normalized spacial score (nSPS) is 17.7. The van der Waals surface area contributed by atoms with E-state index < -0.39 is 12.1 Å². The molecule has 1 unspecified atom stereocenters. The predicted molar refractivity (Wildman–Crippen MR) is 75.2 cm³/mol. The van der Waals surface area contributed by atoms with Crippen molar-refractivity contribution in [1.82, 2.24) is 19.6 Å². The maximum atomic E-state index is 12.5. The molecule has 1 fully saturated rings. The molecule has 1 aromatic heterocycles. The molecule has 9 heteroatoms. The molecule has 1 aliphatic rings. The van der Waals surface area contributed by atoms with Crippen LogP contribution in [0.25, 0.3) is 0 Å². The van der Waals surface area contributed by atoms with E-state index in [1.54, 1.807) is 30.1 Å². The number of carbonyl (C=O) groups is 2. The zero-order valence-electron chi connectivity index (χ0n) is 12.8. The highest BCUT2D eigenvalue weighted by atomic mass is 19.4. The molecule has 0 saturated carbocycles. The van der Waals surface area contributed by atoms with Gasteiger partial charge in [-0.1, -0.05) is 6.92 Å². The van der Waals surface area contributed by atoms with Crippen LogP contribution in [0.4, 0.5) is 13.2 Å². The van der Waals surface area contributed by atoms with Gasteiger partial charge in [-0.15, -0.1) is 0 Å². The minimum atomic E-state index is -4.87. The summed E-state index contributed by atoms with van der Waals surface area (Å²) in [4.78, 5) is 26.0. The third-order valence-electron chi connectivity index (χ3n) is 3.78. The Morgan fingerprint density at radius 1 is 1.17 bits per heavy atom. The van der Waals surface area contributed by atoms with Crippen LogP contribution >= 0.6 is 0 Å². The zero-order valence-corrected chi connectivity index (χ0v) is 12.8. The Morgan fingerprint density at radius 3 is 2.43 bits per heavy atom. The SMILES string of the molecule is CC(Cn1cccn1)C(=O)N1CCCN(C(=O)C(F)(F)F)CC1. The van der Waals surface area contributed by atoms with Crippen molar-refractivity contribution < 1.29 is 22.8 Å². The van der Waals surface area contributed by atoms with Crippen LogP contribution in [-0.4, -0.2) is 63.7 Å². The number of hydrogen-bond donors (Lipinski definition) is 0. The van der Waals surface area contributed by atoms with Crippen molar-refractivity contribution in [3.05, 3.63) is 18.5 Å². The van der Waals surface area contributed by atoms with Crippen LogP contribution in [-0.2, 0) is 16.1 Å². The quantitative estimate of drug-likeness (QED) is 0.834. The van der Waals surface area contributed by atoms with Crippen LogP contribution in [0, 0.1) is 5.92 Å². The van der Waals surface area contributed by atoms with Crippen LogP contribution in [0.2, 0.25) is 0 Å². The molecule has 1 atom stereocenters. The van der Waals surface area contributed by atoms with Gasteiger partial charge < -0.3 is 9.80 Å². The molecule has 23 heavy (non-hydrogen) atoms. The summed E-state index contributed by atoms with van der Waals surface area (Å²) < 4.78 is 39.1. The molecule has 1 aromatic rings. The molecule has 0 aliphatic carbocycles. The molecule has 0 spiro atoms. The Bertz CT molecular complexity index is 545. The van der Waals surface area contributed by atoms with Crippen LogP contribution in [0.1, 0.15) is 13.3 Å². The van der Waals surface area contributed by atoms with Gasteiger partial charge in [-0.05, 0) is 12.5 Å². The molecular weight excluding hydrogens is 313 g/mol. The summed E-state index contributed by atoms with van der Waals surface area (Å²) in [7, 11) is 0. The van der Waals surface area contributed by atoms with E-state index in [0.717, 1.165) is 4.90 Å². The van der Waals surface area contributed by atoms with E-state index in [-0.39, 0.29) is 31.5 Å². The Labute approximate surface area is 131 Å². The van der Waals surface area contributed by atoms with Crippen LogP contribution in [0.5, 0.6) is 0 Å². The molecule has 0 N–H and O–H groups in total. The maximum Gasteiger partial charge on any atom is 0.471 e. The highest BCUT2D eigenvalue weighted by Gasteiger charge is 2.42. The summed E-state index contributed by atoms with van der Waals surface area (Å²) in [6.45, 7) is 2.54.